The topological polar surface area (TPSA) is 12.9 Å². The Morgan fingerprint density at radius 1 is 0.944 bits per heavy atom. The van der Waals surface area contributed by atoms with Gasteiger partial charge >= 0.3 is 0 Å². The molecule has 3 aromatic rings. The average molecular weight is 254 g/mol. The van der Waals surface area contributed by atoms with E-state index in [0.717, 1.165) is 27.2 Å². The summed E-state index contributed by atoms with van der Waals surface area (Å²) in [6, 6.07) is 18.1. The van der Waals surface area contributed by atoms with Gasteiger partial charge in [-0.1, -0.05) is 54.1 Å². The molecule has 0 aliphatic carbocycles. The Hall–Kier alpha value is -1.86. The molecule has 1 heterocycles. The molecule has 0 spiro atoms. The lowest BCUT2D eigenvalue weighted by Crippen LogP contribution is -1.88. The van der Waals surface area contributed by atoms with Gasteiger partial charge < -0.3 is 0 Å². The van der Waals surface area contributed by atoms with Crippen LogP contribution in [0.1, 0.15) is 5.56 Å². The van der Waals surface area contributed by atoms with Gasteiger partial charge in [-0.05, 0) is 24.6 Å². The first-order valence-corrected chi connectivity index (χ1v) is 6.25. The van der Waals surface area contributed by atoms with Crippen molar-refractivity contribution in [2.45, 2.75) is 6.92 Å². The van der Waals surface area contributed by atoms with E-state index in [1.807, 2.05) is 42.5 Å². The Balaban J connectivity index is 2.28. The average Bonchev–Trinajstić information content (AvgIpc) is 2.39. The third kappa shape index (κ3) is 1.87. The van der Waals surface area contributed by atoms with E-state index in [1.54, 1.807) is 0 Å². The maximum absolute atomic E-state index is 6.32. The minimum absolute atomic E-state index is 0.749. The number of pyridine rings is 1. The summed E-state index contributed by atoms with van der Waals surface area (Å²) in [5.74, 6) is 0. The summed E-state index contributed by atoms with van der Waals surface area (Å²) in [6.45, 7) is 2.08. The molecule has 0 saturated heterocycles. The van der Waals surface area contributed by atoms with Gasteiger partial charge in [0.25, 0.3) is 0 Å². The standard InChI is InChI=1S/C16H12ClN/c1-11-6-2-3-7-12(11)16-10-14(17)13-8-4-5-9-15(13)18-16/h2-10H,1H3. The molecule has 2 heteroatoms. The van der Waals surface area contributed by atoms with E-state index >= 15 is 0 Å². The Bertz CT molecular complexity index is 719. The van der Waals surface area contributed by atoms with Gasteiger partial charge in [0.1, 0.15) is 0 Å². The molecule has 2 aromatic carbocycles. The fraction of sp³-hybridized carbons (Fsp3) is 0.0625. The Labute approximate surface area is 111 Å². The maximum Gasteiger partial charge on any atom is 0.0727 e. The number of benzene rings is 2. The van der Waals surface area contributed by atoms with E-state index in [2.05, 4.69) is 24.0 Å². The highest BCUT2D eigenvalue weighted by molar-refractivity contribution is 6.35. The number of hydrogen-bond acceptors (Lipinski definition) is 1. The van der Waals surface area contributed by atoms with Crippen LogP contribution in [0.25, 0.3) is 22.2 Å². The van der Waals surface area contributed by atoms with Gasteiger partial charge in [-0.3, -0.25) is 0 Å². The van der Waals surface area contributed by atoms with E-state index in [-0.39, 0.29) is 0 Å². The Morgan fingerprint density at radius 3 is 2.50 bits per heavy atom. The number of halogens is 1. The third-order valence-electron chi connectivity index (χ3n) is 3.09. The second kappa shape index (κ2) is 4.43. The van der Waals surface area contributed by atoms with Crippen molar-refractivity contribution in [1.29, 1.82) is 0 Å². The van der Waals surface area contributed by atoms with Gasteiger partial charge in [0.2, 0.25) is 0 Å². The Morgan fingerprint density at radius 2 is 1.67 bits per heavy atom. The summed E-state index contributed by atoms with van der Waals surface area (Å²) < 4.78 is 0. The van der Waals surface area contributed by atoms with Crippen LogP contribution in [0.15, 0.2) is 54.6 Å². The lowest BCUT2D eigenvalue weighted by molar-refractivity contribution is 1.36. The monoisotopic (exact) mass is 253 g/mol. The molecule has 0 N–H and O–H groups in total. The van der Waals surface area contributed by atoms with Crippen LogP contribution < -0.4 is 0 Å². The fourth-order valence-corrected chi connectivity index (χ4v) is 2.39. The Kier molecular flexibility index (Phi) is 2.77. The van der Waals surface area contributed by atoms with Gasteiger partial charge in [0.15, 0.2) is 0 Å². The smallest absolute Gasteiger partial charge is 0.0727 e. The molecule has 18 heavy (non-hydrogen) atoms. The predicted molar refractivity (Wildman–Crippen MR) is 76.9 cm³/mol. The summed E-state index contributed by atoms with van der Waals surface area (Å²) in [4.78, 5) is 4.68. The first-order chi connectivity index (χ1) is 8.75. The molecule has 1 aromatic heterocycles. The van der Waals surface area contributed by atoms with Crippen LogP contribution in [-0.2, 0) is 0 Å². The number of aryl methyl sites for hydroxylation is 1. The van der Waals surface area contributed by atoms with Gasteiger partial charge in [0, 0.05) is 10.9 Å². The number of nitrogens with zero attached hydrogens (tertiary/aromatic N) is 1. The van der Waals surface area contributed by atoms with E-state index in [1.165, 1.54) is 5.56 Å². The summed E-state index contributed by atoms with van der Waals surface area (Å²) in [5, 5.41) is 1.75. The van der Waals surface area contributed by atoms with Gasteiger partial charge in [0.05, 0.1) is 16.2 Å². The van der Waals surface area contributed by atoms with Crippen molar-refractivity contribution in [3.05, 3.63) is 65.2 Å². The largest absolute Gasteiger partial charge is 0.248 e. The molecule has 0 unspecified atom stereocenters. The minimum Gasteiger partial charge on any atom is -0.248 e. The first kappa shape index (κ1) is 11.2. The highest BCUT2D eigenvalue weighted by Gasteiger charge is 2.07. The van der Waals surface area contributed by atoms with Crippen molar-refractivity contribution >= 4 is 22.5 Å². The lowest BCUT2D eigenvalue weighted by atomic mass is 10.0. The fourth-order valence-electron chi connectivity index (χ4n) is 2.13. The molecule has 0 aliphatic rings. The maximum atomic E-state index is 6.32. The van der Waals surface area contributed by atoms with Crippen molar-refractivity contribution in [2.24, 2.45) is 0 Å². The summed E-state index contributed by atoms with van der Waals surface area (Å²) >= 11 is 6.32. The van der Waals surface area contributed by atoms with Crippen LogP contribution in [0, 0.1) is 6.92 Å². The minimum atomic E-state index is 0.749. The molecular weight excluding hydrogens is 242 g/mol. The molecule has 0 radical (unpaired) electrons. The van der Waals surface area contributed by atoms with E-state index in [4.69, 9.17) is 11.6 Å². The van der Waals surface area contributed by atoms with E-state index < -0.39 is 0 Å². The number of hydrogen-bond donors (Lipinski definition) is 0. The molecule has 0 atom stereocenters. The van der Waals surface area contributed by atoms with Crippen LogP contribution in [0.5, 0.6) is 0 Å². The third-order valence-corrected chi connectivity index (χ3v) is 3.40. The van der Waals surface area contributed by atoms with Crippen molar-refractivity contribution < 1.29 is 0 Å². The normalized spacial score (nSPS) is 10.8. The predicted octanol–water partition coefficient (Wildman–Crippen LogP) is 4.86. The van der Waals surface area contributed by atoms with Crippen LogP contribution in [-0.4, -0.2) is 4.98 Å². The van der Waals surface area contributed by atoms with Gasteiger partial charge in [-0.25, -0.2) is 4.98 Å². The van der Waals surface area contributed by atoms with Crippen molar-refractivity contribution in [3.8, 4) is 11.3 Å². The summed E-state index contributed by atoms with van der Waals surface area (Å²) in [6.07, 6.45) is 0. The number of aromatic nitrogens is 1. The van der Waals surface area contributed by atoms with Crippen LogP contribution in [0.4, 0.5) is 0 Å². The highest BCUT2D eigenvalue weighted by Crippen LogP contribution is 2.29. The van der Waals surface area contributed by atoms with E-state index in [0.29, 0.717) is 0 Å². The summed E-state index contributed by atoms with van der Waals surface area (Å²) in [7, 11) is 0. The molecular formula is C16H12ClN. The van der Waals surface area contributed by atoms with E-state index in [9.17, 15) is 0 Å². The number of para-hydroxylation sites is 1. The van der Waals surface area contributed by atoms with Crippen molar-refractivity contribution in [1.82, 2.24) is 4.98 Å². The van der Waals surface area contributed by atoms with Crippen LogP contribution in [0.3, 0.4) is 0 Å². The van der Waals surface area contributed by atoms with Crippen molar-refractivity contribution in [2.75, 3.05) is 0 Å². The van der Waals surface area contributed by atoms with Gasteiger partial charge in [-0.2, -0.15) is 0 Å². The second-order valence-electron chi connectivity index (χ2n) is 4.32. The number of fused-ring (bicyclic) bond motifs is 1. The molecule has 0 fully saturated rings. The first-order valence-electron chi connectivity index (χ1n) is 5.87. The summed E-state index contributed by atoms with van der Waals surface area (Å²) in [5.41, 5.74) is 4.20. The molecule has 0 amide bonds. The quantitative estimate of drug-likeness (QED) is 0.603. The molecule has 0 bridgehead atoms. The molecule has 0 aliphatic heterocycles. The number of rotatable bonds is 1. The highest BCUT2D eigenvalue weighted by atomic mass is 35.5. The zero-order valence-electron chi connectivity index (χ0n) is 10.0. The molecule has 0 saturated carbocycles. The zero-order valence-corrected chi connectivity index (χ0v) is 10.8. The molecule has 88 valence electrons. The van der Waals surface area contributed by atoms with Gasteiger partial charge in [-0.15, -0.1) is 0 Å². The zero-order chi connectivity index (χ0) is 12.5. The molecule has 3 rings (SSSR count). The van der Waals surface area contributed by atoms with Crippen molar-refractivity contribution in [3.63, 3.8) is 0 Å². The lowest BCUT2D eigenvalue weighted by Gasteiger charge is -2.07. The van der Waals surface area contributed by atoms with Crippen LogP contribution >= 0.6 is 11.6 Å². The second-order valence-corrected chi connectivity index (χ2v) is 4.73. The van der Waals surface area contributed by atoms with Crippen LogP contribution in [0.2, 0.25) is 5.02 Å². The molecule has 1 nitrogen and oxygen atoms in total. The SMILES string of the molecule is Cc1ccccc1-c1cc(Cl)c2ccccc2n1.